The smallest absolute Gasteiger partial charge is 0.271 e. The van der Waals surface area contributed by atoms with Crippen molar-refractivity contribution in [1.29, 1.82) is 5.26 Å². The fourth-order valence-electron chi connectivity index (χ4n) is 1.26. The summed E-state index contributed by atoms with van der Waals surface area (Å²) in [5.74, 6) is 0.126. The Morgan fingerprint density at radius 3 is 2.83 bits per heavy atom. The van der Waals surface area contributed by atoms with Crippen molar-refractivity contribution in [1.82, 2.24) is 25.9 Å². The van der Waals surface area contributed by atoms with Crippen LogP contribution in [-0.4, -0.2) is 42.0 Å². The molecule has 0 bridgehead atoms. The van der Waals surface area contributed by atoms with E-state index in [1.54, 1.807) is 20.2 Å². The molecule has 1 amide bonds. The van der Waals surface area contributed by atoms with E-state index in [-0.39, 0.29) is 5.91 Å². The van der Waals surface area contributed by atoms with Crippen LogP contribution in [0, 0.1) is 18.4 Å². The lowest BCUT2D eigenvalue weighted by molar-refractivity contribution is 0.0949. The van der Waals surface area contributed by atoms with Gasteiger partial charge in [0.15, 0.2) is 6.19 Å². The highest BCUT2D eigenvalue weighted by Gasteiger charge is 2.10. The SMILES string of the molecule is CN=C(NC#N)NCCNC(=O)c1nc[nH]c1C. The van der Waals surface area contributed by atoms with Crippen LogP contribution in [0.1, 0.15) is 16.2 Å². The summed E-state index contributed by atoms with van der Waals surface area (Å²) in [4.78, 5) is 22.2. The van der Waals surface area contributed by atoms with E-state index in [9.17, 15) is 4.79 Å². The van der Waals surface area contributed by atoms with Crippen LogP contribution < -0.4 is 16.0 Å². The molecule has 8 heteroatoms. The molecule has 0 saturated heterocycles. The summed E-state index contributed by atoms with van der Waals surface area (Å²) < 4.78 is 0. The van der Waals surface area contributed by atoms with E-state index in [4.69, 9.17) is 5.26 Å². The lowest BCUT2D eigenvalue weighted by atomic mass is 10.3. The van der Waals surface area contributed by atoms with Crippen LogP contribution in [0.4, 0.5) is 0 Å². The van der Waals surface area contributed by atoms with Crippen LogP contribution in [0.3, 0.4) is 0 Å². The van der Waals surface area contributed by atoms with Crippen LogP contribution in [0.25, 0.3) is 0 Å². The average molecular weight is 249 g/mol. The van der Waals surface area contributed by atoms with Gasteiger partial charge >= 0.3 is 0 Å². The highest BCUT2D eigenvalue weighted by atomic mass is 16.1. The zero-order valence-corrected chi connectivity index (χ0v) is 10.2. The summed E-state index contributed by atoms with van der Waals surface area (Å²) in [5.41, 5.74) is 1.11. The molecule has 4 N–H and O–H groups in total. The molecule has 0 saturated carbocycles. The Morgan fingerprint density at radius 2 is 2.28 bits per heavy atom. The predicted octanol–water partition coefficient (Wildman–Crippen LogP) is -0.906. The van der Waals surface area contributed by atoms with Gasteiger partial charge in [0.2, 0.25) is 5.96 Å². The van der Waals surface area contributed by atoms with Gasteiger partial charge in [0, 0.05) is 25.8 Å². The van der Waals surface area contributed by atoms with E-state index in [0.717, 1.165) is 5.69 Å². The van der Waals surface area contributed by atoms with E-state index in [1.807, 2.05) is 0 Å². The first-order valence-corrected chi connectivity index (χ1v) is 5.33. The third kappa shape index (κ3) is 3.79. The Kier molecular flexibility index (Phi) is 5.18. The summed E-state index contributed by atoms with van der Waals surface area (Å²) in [6.07, 6.45) is 3.23. The topological polar surface area (TPSA) is 118 Å². The number of imidazole rings is 1. The van der Waals surface area contributed by atoms with Crippen molar-refractivity contribution in [2.75, 3.05) is 20.1 Å². The highest BCUT2D eigenvalue weighted by Crippen LogP contribution is 1.98. The molecule has 96 valence electrons. The fourth-order valence-corrected chi connectivity index (χ4v) is 1.26. The van der Waals surface area contributed by atoms with Gasteiger partial charge in [0.1, 0.15) is 5.69 Å². The van der Waals surface area contributed by atoms with Gasteiger partial charge in [-0.3, -0.25) is 15.1 Å². The van der Waals surface area contributed by atoms with Gasteiger partial charge in [-0.2, -0.15) is 5.26 Å². The number of nitrogens with one attached hydrogen (secondary N) is 4. The number of amides is 1. The molecule has 1 heterocycles. The summed E-state index contributed by atoms with van der Waals surface area (Å²) in [6.45, 7) is 2.63. The number of H-pyrrole nitrogens is 1. The van der Waals surface area contributed by atoms with Gasteiger partial charge in [-0.05, 0) is 6.92 Å². The number of aryl methyl sites for hydroxylation is 1. The Labute approximate surface area is 105 Å². The Bertz CT molecular complexity index is 471. The fraction of sp³-hybridized carbons (Fsp3) is 0.400. The third-order valence-electron chi connectivity index (χ3n) is 2.15. The van der Waals surface area contributed by atoms with Crippen molar-refractivity contribution in [2.45, 2.75) is 6.92 Å². The van der Waals surface area contributed by atoms with Crippen LogP contribution in [0.2, 0.25) is 0 Å². The molecule has 0 aromatic carbocycles. The maximum Gasteiger partial charge on any atom is 0.271 e. The second kappa shape index (κ2) is 6.90. The van der Waals surface area contributed by atoms with Crippen molar-refractivity contribution in [3.05, 3.63) is 17.7 Å². The van der Waals surface area contributed by atoms with Gasteiger partial charge in [0.05, 0.1) is 6.33 Å². The summed E-state index contributed by atoms with van der Waals surface area (Å²) in [5, 5.41) is 16.3. The first kappa shape index (κ1) is 13.5. The third-order valence-corrected chi connectivity index (χ3v) is 2.15. The lowest BCUT2D eigenvalue weighted by Crippen LogP contribution is -2.39. The van der Waals surface area contributed by atoms with Gasteiger partial charge in [-0.15, -0.1) is 0 Å². The molecule has 1 rings (SSSR count). The van der Waals surface area contributed by atoms with E-state index in [0.29, 0.717) is 24.7 Å². The number of aromatic nitrogens is 2. The second-order valence-electron chi connectivity index (χ2n) is 3.37. The van der Waals surface area contributed by atoms with Crippen LogP contribution in [-0.2, 0) is 0 Å². The number of carbonyl (C=O) groups excluding carboxylic acids is 1. The molecule has 1 aromatic rings. The van der Waals surface area contributed by atoms with E-state index >= 15 is 0 Å². The van der Waals surface area contributed by atoms with Crippen LogP contribution in [0.15, 0.2) is 11.3 Å². The zero-order valence-electron chi connectivity index (χ0n) is 10.2. The van der Waals surface area contributed by atoms with Crippen molar-refractivity contribution >= 4 is 11.9 Å². The maximum absolute atomic E-state index is 11.6. The van der Waals surface area contributed by atoms with Crippen molar-refractivity contribution < 1.29 is 4.79 Å². The number of hydrogen-bond donors (Lipinski definition) is 4. The maximum atomic E-state index is 11.6. The minimum absolute atomic E-state index is 0.237. The zero-order chi connectivity index (χ0) is 13.4. The molecule has 0 aliphatic rings. The molecule has 1 aromatic heterocycles. The Hall–Kier alpha value is -2.56. The molecule has 0 unspecified atom stereocenters. The van der Waals surface area contributed by atoms with E-state index in [1.165, 1.54) is 6.33 Å². The number of nitriles is 1. The van der Waals surface area contributed by atoms with E-state index in [2.05, 4.69) is 30.9 Å². The molecule has 8 nitrogen and oxygen atoms in total. The van der Waals surface area contributed by atoms with Crippen molar-refractivity contribution in [3.8, 4) is 6.19 Å². The minimum atomic E-state index is -0.237. The number of aliphatic imine (C=N–C) groups is 1. The number of rotatable bonds is 4. The average Bonchev–Trinajstić information content (AvgIpc) is 2.79. The molecular weight excluding hydrogens is 234 g/mol. The second-order valence-corrected chi connectivity index (χ2v) is 3.37. The van der Waals surface area contributed by atoms with Gasteiger partial charge in [-0.1, -0.05) is 0 Å². The van der Waals surface area contributed by atoms with Gasteiger partial charge in [0.25, 0.3) is 5.91 Å². The highest BCUT2D eigenvalue weighted by molar-refractivity contribution is 5.93. The van der Waals surface area contributed by atoms with Crippen LogP contribution >= 0.6 is 0 Å². The first-order chi connectivity index (χ1) is 8.69. The first-order valence-electron chi connectivity index (χ1n) is 5.33. The Balaban J connectivity index is 2.29. The number of hydrogen-bond acceptors (Lipinski definition) is 4. The molecule has 0 radical (unpaired) electrons. The molecule has 18 heavy (non-hydrogen) atoms. The number of carbonyl (C=O) groups is 1. The number of aromatic amines is 1. The monoisotopic (exact) mass is 249 g/mol. The van der Waals surface area contributed by atoms with Gasteiger partial charge < -0.3 is 15.6 Å². The predicted molar refractivity (Wildman–Crippen MR) is 65.8 cm³/mol. The standard InChI is InChI=1S/C10H15N7O/c1-7-8(17-6-16-7)9(18)13-3-4-14-10(12-2)15-5-11/h6H,3-4H2,1-2H3,(H,13,18)(H,16,17)(H2,12,14,15). The molecule has 0 aliphatic carbocycles. The number of guanidine groups is 1. The Morgan fingerprint density at radius 1 is 1.56 bits per heavy atom. The minimum Gasteiger partial charge on any atom is -0.354 e. The molecule has 0 aliphatic heterocycles. The van der Waals surface area contributed by atoms with Crippen molar-refractivity contribution in [2.24, 2.45) is 4.99 Å². The van der Waals surface area contributed by atoms with Crippen LogP contribution in [0.5, 0.6) is 0 Å². The van der Waals surface area contributed by atoms with Crippen molar-refractivity contribution in [3.63, 3.8) is 0 Å². The summed E-state index contributed by atoms with van der Waals surface area (Å²) >= 11 is 0. The summed E-state index contributed by atoms with van der Waals surface area (Å²) in [7, 11) is 1.55. The lowest BCUT2D eigenvalue weighted by Gasteiger charge is -2.07. The normalized spacial score (nSPS) is 10.6. The van der Waals surface area contributed by atoms with E-state index < -0.39 is 0 Å². The molecular formula is C10H15N7O. The molecule has 0 fully saturated rings. The van der Waals surface area contributed by atoms with Gasteiger partial charge in [-0.25, -0.2) is 4.98 Å². The molecule has 0 atom stereocenters. The number of nitrogens with zero attached hydrogens (tertiary/aromatic N) is 3. The summed E-state index contributed by atoms with van der Waals surface area (Å²) in [6, 6.07) is 0. The quantitative estimate of drug-likeness (QED) is 0.181. The molecule has 0 spiro atoms. The largest absolute Gasteiger partial charge is 0.354 e.